The number of hydrogen-bond acceptors (Lipinski definition) is 4. The Labute approximate surface area is 186 Å². The van der Waals surface area contributed by atoms with Crippen LogP contribution >= 0.6 is 46.4 Å². The molecule has 0 fully saturated rings. The van der Waals surface area contributed by atoms with Gasteiger partial charge >= 0.3 is 11.9 Å². The van der Waals surface area contributed by atoms with E-state index >= 15 is 0 Å². The third-order valence-corrected chi connectivity index (χ3v) is 5.24. The number of benzene rings is 2. The van der Waals surface area contributed by atoms with Crippen LogP contribution in [0, 0.1) is 0 Å². The molecule has 2 aromatic rings. The van der Waals surface area contributed by atoms with Gasteiger partial charge in [-0.3, -0.25) is 0 Å². The maximum atomic E-state index is 10.7. The van der Waals surface area contributed by atoms with Gasteiger partial charge in [-0.1, -0.05) is 60.3 Å². The van der Waals surface area contributed by atoms with Crippen molar-refractivity contribution in [3.05, 3.63) is 55.5 Å². The van der Waals surface area contributed by atoms with Gasteiger partial charge in [0, 0.05) is 5.41 Å². The minimum atomic E-state index is -1.16. The molecule has 2 aromatic carbocycles. The Hall–Kier alpha value is -1.86. The lowest BCUT2D eigenvalue weighted by Crippen LogP contribution is -2.20. The summed E-state index contributed by atoms with van der Waals surface area (Å²) in [7, 11) is 0. The molecule has 0 atom stereocenters. The summed E-state index contributed by atoms with van der Waals surface area (Å²) in [4.78, 5) is 21.4. The number of ether oxygens (including phenoxy) is 2. The quantitative estimate of drug-likeness (QED) is 0.513. The van der Waals surface area contributed by atoms with Crippen molar-refractivity contribution in [1.82, 2.24) is 0 Å². The second-order valence-electron chi connectivity index (χ2n) is 6.53. The van der Waals surface area contributed by atoms with Gasteiger partial charge in [0.15, 0.2) is 24.7 Å². The summed E-state index contributed by atoms with van der Waals surface area (Å²) in [5, 5.41) is 18.1. The molecule has 29 heavy (non-hydrogen) atoms. The number of hydrogen-bond donors (Lipinski definition) is 2. The van der Waals surface area contributed by atoms with Gasteiger partial charge in [-0.25, -0.2) is 9.59 Å². The summed E-state index contributed by atoms with van der Waals surface area (Å²) in [5.41, 5.74) is 0.722. The normalized spacial score (nSPS) is 11.2. The van der Waals surface area contributed by atoms with Crippen LogP contribution in [0.25, 0.3) is 0 Å². The van der Waals surface area contributed by atoms with Crippen LogP contribution in [0.15, 0.2) is 24.3 Å². The Kier molecular flexibility index (Phi) is 7.51. The molecule has 0 heterocycles. The van der Waals surface area contributed by atoms with E-state index in [9.17, 15) is 9.59 Å². The largest absolute Gasteiger partial charge is 0.479 e. The van der Waals surface area contributed by atoms with Crippen LogP contribution in [0.5, 0.6) is 11.5 Å². The van der Waals surface area contributed by atoms with Crippen LogP contribution in [0.1, 0.15) is 25.0 Å². The number of carboxylic acids is 2. The van der Waals surface area contributed by atoms with E-state index in [-0.39, 0.29) is 31.6 Å². The second-order valence-corrected chi connectivity index (χ2v) is 8.16. The molecule has 0 unspecified atom stereocenters. The maximum Gasteiger partial charge on any atom is 0.341 e. The van der Waals surface area contributed by atoms with Crippen molar-refractivity contribution in [2.45, 2.75) is 19.3 Å². The molecule has 10 heteroatoms. The SMILES string of the molecule is CC(C)(c1cc(Cl)c(OCC(=O)O)c(Cl)c1)c1cc(Cl)c(OCC(=O)O)c(Cl)c1. The van der Waals surface area contributed by atoms with E-state index in [1.807, 2.05) is 13.8 Å². The van der Waals surface area contributed by atoms with Crippen LogP contribution in [0.4, 0.5) is 0 Å². The third-order valence-electron chi connectivity index (χ3n) is 4.12. The molecule has 0 aliphatic rings. The molecule has 0 aliphatic carbocycles. The molecule has 156 valence electrons. The lowest BCUT2D eigenvalue weighted by atomic mass is 9.78. The highest BCUT2D eigenvalue weighted by Gasteiger charge is 2.28. The van der Waals surface area contributed by atoms with Crippen LogP contribution in [-0.4, -0.2) is 35.4 Å². The van der Waals surface area contributed by atoms with Gasteiger partial charge in [0.05, 0.1) is 20.1 Å². The van der Waals surface area contributed by atoms with Gasteiger partial charge in [0.2, 0.25) is 0 Å². The van der Waals surface area contributed by atoms with E-state index in [2.05, 4.69) is 0 Å². The average Bonchev–Trinajstić information content (AvgIpc) is 2.59. The molecule has 0 spiro atoms. The fraction of sp³-hybridized carbons (Fsp3) is 0.263. The number of carboxylic acid groups (broad SMARTS) is 2. The second kappa shape index (κ2) is 9.30. The van der Waals surface area contributed by atoms with Crippen molar-refractivity contribution in [2.24, 2.45) is 0 Å². The molecule has 0 amide bonds. The molecule has 0 saturated carbocycles. The molecule has 0 bridgehead atoms. The Morgan fingerprint density at radius 3 is 1.28 bits per heavy atom. The van der Waals surface area contributed by atoms with Gasteiger partial charge < -0.3 is 19.7 Å². The van der Waals surface area contributed by atoms with E-state index in [1.54, 1.807) is 24.3 Å². The monoisotopic (exact) mass is 480 g/mol. The maximum absolute atomic E-state index is 10.7. The Bertz CT molecular complexity index is 836. The van der Waals surface area contributed by atoms with Gasteiger partial charge in [-0.2, -0.15) is 0 Å². The Morgan fingerprint density at radius 1 is 0.759 bits per heavy atom. The Morgan fingerprint density at radius 2 is 1.03 bits per heavy atom. The predicted octanol–water partition coefficient (Wildman–Crippen LogP) is 5.55. The lowest BCUT2D eigenvalue weighted by Gasteiger charge is -2.28. The van der Waals surface area contributed by atoms with Gasteiger partial charge in [0.25, 0.3) is 0 Å². The fourth-order valence-electron chi connectivity index (χ4n) is 2.55. The summed E-state index contributed by atoms with van der Waals surface area (Å²) >= 11 is 25.0. The summed E-state index contributed by atoms with van der Waals surface area (Å²) in [6.45, 7) is 2.61. The highest BCUT2D eigenvalue weighted by molar-refractivity contribution is 6.38. The molecule has 0 radical (unpaired) electrons. The highest BCUT2D eigenvalue weighted by atomic mass is 35.5. The zero-order valence-corrected chi connectivity index (χ0v) is 18.3. The molecule has 0 aliphatic heterocycles. The zero-order valence-electron chi connectivity index (χ0n) is 15.3. The first kappa shape index (κ1) is 23.4. The molecular weight excluding hydrogens is 466 g/mol. The lowest BCUT2D eigenvalue weighted by molar-refractivity contribution is -0.140. The van der Waals surface area contributed by atoms with Crippen molar-refractivity contribution in [3.8, 4) is 11.5 Å². The van der Waals surface area contributed by atoms with E-state index in [0.29, 0.717) is 11.1 Å². The first-order valence-corrected chi connectivity index (χ1v) is 9.63. The first-order valence-electron chi connectivity index (χ1n) is 8.11. The van der Waals surface area contributed by atoms with Crippen LogP contribution in [0.2, 0.25) is 20.1 Å². The van der Waals surface area contributed by atoms with Gasteiger partial charge in [0.1, 0.15) is 0 Å². The number of carbonyl (C=O) groups is 2. The predicted molar refractivity (Wildman–Crippen MR) is 111 cm³/mol. The van der Waals surface area contributed by atoms with Crippen LogP contribution < -0.4 is 9.47 Å². The van der Waals surface area contributed by atoms with Crippen molar-refractivity contribution in [1.29, 1.82) is 0 Å². The van der Waals surface area contributed by atoms with Crippen molar-refractivity contribution in [3.63, 3.8) is 0 Å². The summed E-state index contributed by atoms with van der Waals surface area (Å²) < 4.78 is 10.3. The average molecular weight is 482 g/mol. The van der Waals surface area contributed by atoms with E-state index < -0.39 is 30.6 Å². The number of halogens is 4. The summed E-state index contributed by atoms with van der Waals surface area (Å²) in [6.07, 6.45) is 0. The van der Waals surface area contributed by atoms with Gasteiger partial charge in [-0.05, 0) is 35.4 Å². The topological polar surface area (TPSA) is 93.1 Å². The van der Waals surface area contributed by atoms with E-state index in [1.165, 1.54) is 0 Å². The number of rotatable bonds is 8. The molecule has 2 N–H and O–H groups in total. The molecular formula is C19H16Cl4O6. The van der Waals surface area contributed by atoms with Gasteiger partial charge in [-0.15, -0.1) is 0 Å². The minimum Gasteiger partial charge on any atom is -0.479 e. The number of aliphatic carboxylic acids is 2. The zero-order chi connectivity index (χ0) is 21.9. The third kappa shape index (κ3) is 5.60. The Balaban J connectivity index is 2.42. The molecule has 6 nitrogen and oxygen atoms in total. The highest BCUT2D eigenvalue weighted by Crippen LogP contribution is 2.43. The first-order chi connectivity index (χ1) is 13.4. The smallest absolute Gasteiger partial charge is 0.341 e. The standard InChI is InChI=1S/C19H16Cl4O6/c1-19(2,9-3-11(20)17(12(21)4-9)28-7-15(24)25)10-5-13(22)18(14(23)6-10)29-8-16(26)27/h3-6H,7-8H2,1-2H3,(H,24,25)(H,26,27). The van der Waals surface area contributed by atoms with Crippen molar-refractivity contribution in [2.75, 3.05) is 13.2 Å². The van der Waals surface area contributed by atoms with Crippen molar-refractivity contribution < 1.29 is 29.3 Å². The molecule has 2 rings (SSSR count). The fourth-order valence-corrected chi connectivity index (χ4v) is 3.74. The summed E-state index contributed by atoms with van der Waals surface area (Å²) in [5.74, 6) is -2.17. The van der Waals surface area contributed by atoms with E-state index in [4.69, 9.17) is 66.1 Å². The molecule has 0 saturated heterocycles. The molecule has 0 aromatic heterocycles. The summed E-state index contributed by atoms with van der Waals surface area (Å²) in [6, 6.07) is 6.45. The van der Waals surface area contributed by atoms with Crippen LogP contribution in [-0.2, 0) is 15.0 Å². The van der Waals surface area contributed by atoms with Crippen LogP contribution in [0.3, 0.4) is 0 Å². The van der Waals surface area contributed by atoms with E-state index in [0.717, 1.165) is 0 Å². The van der Waals surface area contributed by atoms with Crippen molar-refractivity contribution >= 4 is 58.3 Å². The minimum absolute atomic E-state index is 0.0729.